The Morgan fingerprint density at radius 2 is 2.33 bits per heavy atom. The van der Waals surface area contributed by atoms with E-state index in [4.69, 9.17) is 15.8 Å². The van der Waals surface area contributed by atoms with Crippen LogP contribution < -0.4 is 16.0 Å². The van der Waals surface area contributed by atoms with Crippen molar-refractivity contribution in [2.24, 2.45) is 5.84 Å². The maximum Gasteiger partial charge on any atom is 0.313 e. The Morgan fingerprint density at radius 1 is 1.67 bits per heavy atom. The molecule has 0 saturated heterocycles. The number of rotatable bonds is 6. The van der Waals surface area contributed by atoms with Gasteiger partial charge in [0, 0.05) is 12.5 Å². The van der Waals surface area contributed by atoms with E-state index >= 15 is 0 Å². The molecule has 0 heterocycles. The predicted molar refractivity (Wildman–Crippen MR) is 82.2 cm³/mol. The first-order valence-corrected chi connectivity index (χ1v) is 7.01. The van der Waals surface area contributed by atoms with E-state index in [0.717, 1.165) is 6.07 Å². The van der Waals surface area contributed by atoms with Gasteiger partial charge in [-0.1, -0.05) is 0 Å². The number of nitrogens with one attached hydrogen (secondary N) is 1. The number of nitrogens with two attached hydrogens (primary N) is 1. The van der Waals surface area contributed by atoms with Gasteiger partial charge in [-0.15, -0.1) is 0 Å². The van der Waals surface area contributed by atoms with Crippen LogP contribution in [0.15, 0.2) is 12.1 Å². The zero-order chi connectivity index (χ0) is 16.0. The summed E-state index contributed by atoms with van der Waals surface area (Å²) in [5, 5.41) is 19.9. The van der Waals surface area contributed by atoms with Crippen LogP contribution in [-0.4, -0.2) is 16.9 Å². The number of halogens is 1. The van der Waals surface area contributed by atoms with Gasteiger partial charge in [0.2, 0.25) is 11.7 Å². The second kappa shape index (κ2) is 7.75. The minimum absolute atomic E-state index is 0.0975. The Morgan fingerprint density at radius 3 is 2.86 bits per heavy atom. The molecule has 0 fully saturated rings. The molecule has 0 aliphatic rings. The Bertz CT molecular complexity index is 600. The second-order valence-electron chi connectivity index (χ2n) is 4.21. The van der Waals surface area contributed by atoms with Gasteiger partial charge >= 0.3 is 5.69 Å². The molecule has 0 aromatic heterocycles. The number of nitrogens with zero attached hydrogens (tertiary/aromatic N) is 2. The maximum atomic E-state index is 11.1. The van der Waals surface area contributed by atoms with Crippen LogP contribution >= 0.6 is 22.6 Å². The Hall–Kier alpha value is -1.93. The van der Waals surface area contributed by atoms with E-state index in [1.54, 1.807) is 6.92 Å². The van der Waals surface area contributed by atoms with Gasteiger partial charge in [-0.2, -0.15) is 5.26 Å². The molecule has 1 aromatic rings. The number of hydrazine groups is 1. The molecule has 1 amide bonds. The highest BCUT2D eigenvalue weighted by Crippen LogP contribution is 2.34. The van der Waals surface area contributed by atoms with Crippen molar-refractivity contribution in [2.75, 3.05) is 0 Å². The van der Waals surface area contributed by atoms with Crippen molar-refractivity contribution in [2.45, 2.75) is 25.9 Å². The normalized spacial score (nSPS) is 11.3. The fourth-order valence-electron chi connectivity index (χ4n) is 1.56. The Kier molecular flexibility index (Phi) is 6.32. The molecule has 1 aromatic carbocycles. The second-order valence-corrected chi connectivity index (χ2v) is 5.37. The summed E-state index contributed by atoms with van der Waals surface area (Å²) in [4.78, 5) is 21.5. The predicted octanol–water partition coefficient (Wildman–Crippen LogP) is 1.61. The standard InChI is InChI=1S/C12H13IN4O4/c1-7(2-3-11(18)16-15)21-12-9(13)4-8(6-14)5-10(12)17(19)20/h4-5,7H,2-3,15H2,1H3,(H,16,18). The third-order valence-electron chi connectivity index (χ3n) is 2.61. The van der Waals surface area contributed by atoms with Crippen LogP contribution in [0.5, 0.6) is 5.75 Å². The first-order chi connectivity index (χ1) is 9.88. The number of hydrogen-bond donors (Lipinski definition) is 2. The first kappa shape index (κ1) is 17.1. The number of amides is 1. The number of nitriles is 1. The van der Waals surface area contributed by atoms with Gasteiger partial charge in [0.15, 0.2) is 0 Å². The highest BCUT2D eigenvalue weighted by Gasteiger charge is 2.22. The van der Waals surface area contributed by atoms with E-state index in [1.807, 2.05) is 34.1 Å². The molecule has 21 heavy (non-hydrogen) atoms. The third-order valence-corrected chi connectivity index (χ3v) is 3.41. The smallest absolute Gasteiger partial charge is 0.313 e. The third kappa shape index (κ3) is 4.83. The van der Waals surface area contributed by atoms with Gasteiger partial charge in [-0.3, -0.25) is 20.3 Å². The largest absolute Gasteiger partial charge is 0.483 e. The Labute approximate surface area is 134 Å². The fraction of sp³-hybridized carbons (Fsp3) is 0.333. The van der Waals surface area contributed by atoms with Crippen LogP contribution in [0.1, 0.15) is 25.3 Å². The lowest BCUT2D eigenvalue weighted by Gasteiger charge is -2.15. The molecular weight excluding hydrogens is 391 g/mol. The van der Waals surface area contributed by atoms with Gasteiger partial charge < -0.3 is 4.74 Å². The van der Waals surface area contributed by atoms with Gasteiger partial charge in [0.05, 0.1) is 26.2 Å². The minimum Gasteiger partial charge on any atom is -0.483 e. The summed E-state index contributed by atoms with van der Waals surface area (Å²) in [5.41, 5.74) is 1.92. The summed E-state index contributed by atoms with van der Waals surface area (Å²) in [6.07, 6.45) is 0.0941. The van der Waals surface area contributed by atoms with Crippen LogP contribution in [0.4, 0.5) is 5.69 Å². The zero-order valence-corrected chi connectivity index (χ0v) is 13.3. The number of ether oxygens (including phenoxy) is 1. The lowest BCUT2D eigenvalue weighted by atomic mass is 10.2. The average Bonchev–Trinajstić information content (AvgIpc) is 2.46. The van der Waals surface area contributed by atoms with Crippen molar-refractivity contribution >= 4 is 34.2 Å². The average molecular weight is 404 g/mol. The molecule has 3 N–H and O–H groups in total. The lowest BCUT2D eigenvalue weighted by molar-refractivity contribution is -0.386. The molecule has 9 heteroatoms. The molecule has 1 rings (SSSR count). The van der Waals surface area contributed by atoms with Gasteiger partial charge in [0.25, 0.3) is 0 Å². The summed E-state index contributed by atoms with van der Waals surface area (Å²) in [6, 6.07) is 4.53. The van der Waals surface area contributed by atoms with Crippen LogP contribution in [0.2, 0.25) is 0 Å². The number of carbonyl (C=O) groups excluding carboxylic acids is 1. The van der Waals surface area contributed by atoms with Crippen LogP contribution in [0.25, 0.3) is 0 Å². The number of nitro benzene ring substituents is 1. The quantitative estimate of drug-likeness (QED) is 0.244. The van der Waals surface area contributed by atoms with Gasteiger partial charge in [0.1, 0.15) is 0 Å². The molecule has 0 aliphatic heterocycles. The molecule has 0 bridgehead atoms. The highest BCUT2D eigenvalue weighted by molar-refractivity contribution is 14.1. The van der Waals surface area contributed by atoms with Crippen LogP contribution in [-0.2, 0) is 4.79 Å². The summed E-state index contributed by atoms with van der Waals surface area (Å²) in [7, 11) is 0. The van der Waals surface area contributed by atoms with Crippen LogP contribution in [0, 0.1) is 25.0 Å². The molecule has 1 atom stereocenters. The monoisotopic (exact) mass is 404 g/mol. The fourth-order valence-corrected chi connectivity index (χ4v) is 2.30. The summed E-state index contributed by atoms with van der Waals surface area (Å²) in [6.45, 7) is 1.70. The van der Waals surface area contributed by atoms with E-state index in [0.29, 0.717) is 9.99 Å². The van der Waals surface area contributed by atoms with Crippen molar-refractivity contribution < 1.29 is 14.5 Å². The summed E-state index contributed by atoms with van der Waals surface area (Å²) in [5.74, 6) is 4.73. The number of hydrogen-bond acceptors (Lipinski definition) is 6. The van der Waals surface area contributed by atoms with Crippen molar-refractivity contribution in [3.63, 3.8) is 0 Å². The van der Waals surface area contributed by atoms with E-state index < -0.39 is 11.0 Å². The zero-order valence-electron chi connectivity index (χ0n) is 11.1. The molecule has 1 unspecified atom stereocenters. The molecule has 8 nitrogen and oxygen atoms in total. The summed E-state index contributed by atoms with van der Waals surface area (Å²) >= 11 is 1.87. The number of nitro groups is 1. The molecular formula is C12H13IN4O4. The number of carbonyl (C=O) groups is 1. The Balaban J connectivity index is 2.94. The lowest BCUT2D eigenvalue weighted by Crippen LogP contribution is -2.30. The summed E-state index contributed by atoms with van der Waals surface area (Å²) < 4.78 is 6.02. The van der Waals surface area contributed by atoms with Crippen molar-refractivity contribution in [1.29, 1.82) is 5.26 Å². The number of benzene rings is 1. The first-order valence-electron chi connectivity index (χ1n) is 5.93. The maximum absolute atomic E-state index is 11.1. The van der Waals surface area contributed by atoms with Crippen LogP contribution in [0.3, 0.4) is 0 Å². The van der Waals surface area contributed by atoms with E-state index in [1.165, 1.54) is 6.07 Å². The van der Waals surface area contributed by atoms with E-state index in [-0.39, 0.29) is 29.3 Å². The van der Waals surface area contributed by atoms with E-state index in [9.17, 15) is 14.9 Å². The van der Waals surface area contributed by atoms with Crippen molar-refractivity contribution in [1.82, 2.24) is 5.43 Å². The topological polar surface area (TPSA) is 131 Å². The molecule has 0 spiro atoms. The van der Waals surface area contributed by atoms with Crippen molar-refractivity contribution in [3.8, 4) is 11.8 Å². The SMILES string of the molecule is CC(CCC(=O)NN)Oc1c(I)cc(C#N)cc1[N+](=O)[O-]. The highest BCUT2D eigenvalue weighted by atomic mass is 127. The minimum atomic E-state index is -0.600. The van der Waals surface area contributed by atoms with Crippen molar-refractivity contribution in [3.05, 3.63) is 31.4 Å². The molecule has 0 radical (unpaired) electrons. The molecule has 0 saturated carbocycles. The molecule has 112 valence electrons. The van der Waals surface area contributed by atoms with E-state index in [2.05, 4.69) is 0 Å². The van der Waals surface area contributed by atoms with Gasteiger partial charge in [-0.25, -0.2) is 5.84 Å². The van der Waals surface area contributed by atoms with Gasteiger partial charge in [-0.05, 0) is 42.0 Å². The molecule has 0 aliphatic carbocycles.